The highest BCUT2D eigenvalue weighted by Crippen LogP contribution is 2.18. The van der Waals surface area contributed by atoms with E-state index in [0.717, 1.165) is 0 Å². The van der Waals surface area contributed by atoms with Crippen molar-refractivity contribution in [1.29, 1.82) is 0 Å². The lowest BCUT2D eigenvalue weighted by molar-refractivity contribution is -0.147. The second-order valence-corrected chi connectivity index (χ2v) is 3.18. The second kappa shape index (κ2) is 4.86. The SMILES string of the molecule is COC(=O)C(C)Oc1cccc(Cl)c1. The zero-order chi connectivity index (χ0) is 10.6. The van der Waals surface area contributed by atoms with Crippen LogP contribution < -0.4 is 4.74 Å². The molecule has 1 aromatic rings. The summed E-state index contributed by atoms with van der Waals surface area (Å²) in [5.74, 6) is 0.139. The monoisotopic (exact) mass is 214 g/mol. The van der Waals surface area contributed by atoms with Crippen LogP contribution in [0, 0.1) is 0 Å². The van der Waals surface area contributed by atoms with Crippen LogP contribution in [0.2, 0.25) is 5.02 Å². The summed E-state index contributed by atoms with van der Waals surface area (Å²) < 4.78 is 9.81. The number of rotatable bonds is 3. The molecule has 0 aliphatic carbocycles. The Bertz CT molecular complexity index is 325. The van der Waals surface area contributed by atoms with Crippen LogP contribution in [0.5, 0.6) is 5.75 Å². The smallest absolute Gasteiger partial charge is 0.346 e. The summed E-state index contributed by atoms with van der Waals surface area (Å²) in [6.45, 7) is 1.62. The van der Waals surface area contributed by atoms with Crippen LogP contribution in [0.25, 0.3) is 0 Å². The average Bonchev–Trinajstić information content (AvgIpc) is 2.16. The van der Waals surface area contributed by atoms with Crippen molar-refractivity contribution in [2.45, 2.75) is 13.0 Å². The van der Waals surface area contributed by atoms with Crippen LogP contribution >= 0.6 is 11.6 Å². The maximum atomic E-state index is 11.0. The molecule has 3 nitrogen and oxygen atoms in total. The third-order valence-corrected chi connectivity index (χ3v) is 1.88. The summed E-state index contributed by atoms with van der Waals surface area (Å²) in [4.78, 5) is 11.0. The Morgan fingerprint density at radius 1 is 1.50 bits per heavy atom. The van der Waals surface area contributed by atoms with Gasteiger partial charge in [0.25, 0.3) is 0 Å². The van der Waals surface area contributed by atoms with Crippen molar-refractivity contribution in [3.8, 4) is 5.75 Å². The van der Waals surface area contributed by atoms with Gasteiger partial charge in [-0.3, -0.25) is 0 Å². The molecule has 1 atom stereocenters. The molecule has 0 heterocycles. The van der Waals surface area contributed by atoms with Crippen molar-refractivity contribution >= 4 is 17.6 Å². The number of carbonyl (C=O) groups is 1. The minimum absolute atomic E-state index is 0.412. The number of esters is 1. The Morgan fingerprint density at radius 3 is 2.79 bits per heavy atom. The van der Waals surface area contributed by atoms with Crippen molar-refractivity contribution in [2.75, 3.05) is 7.11 Å². The topological polar surface area (TPSA) is 35.5 Å². The molecule has 0 N–H and O–H groups in total. The quantitative estimate of drug-likeness (QED) is 0.725. The van der Waals surface area contributed by atoms with E-state index in [1.165, 1.54) is 7.11 Å². The van der Waals surface area contributed by atoms with Crippen LogP contribution in [-0.2, 0) is 9.53 Å². The van der Waals surface area contributed by atoms with Crippen molar-refractivity contribution in [1.82, 2.24) is 0 Å². The third-order valence-electron chi connectivity index (χ3n) is 1.64. The molecule has 0 bridgehead atoms. The van der Waals surface area contributed by atoms with E-state index in [9.17, 15) is 4.79 Å². The van der Waals surface area contributed by atoms with Gasteiger partial charge in [0, 0.05) is 5.02 Å². The molecule has 0 aromatic heterocycles. The predicted octanol–water partition coefficient (Wildman–Crippen LogP) is 2.28. The molecule has 76 valence electrons. The first-order valence-electron chi connectivity index (χ1n) is 4.13. The van der Waals surface area contributed by atoms with Gasteiger partial charge in [-0.1, -0.05) is 17.7 Å². The molecule has 0 amide bonds. The van der Waals surface area contributed by atoms with Gasteiger partial charge in [0.1, 0.15) is 5.75 Å². The lowest BCUT2D eigenvalue weighted by Crippen LogP contribution is -2.24. The van der Waals surface area contributed by atoms with E-state index in [1.54, 1.807) is 31.2 Å². The number of hydrogen-bond donors (Lipinski definition) is 0. The molecule has 0 aliphatic heterocycles. The fraction of sp³-hybridized carbons (Fsp3) is 0.300. The number of halogens is 1. The first-order valence-corrected chi connectivity index (χ1v) is 4.51. The van der Waals surface area contributed by atoms with Gasteiger partial charge in [-0.05, 0) is 25.1 Å². The minimum Gasteiger partial charge on any atom is -0.479 e. The summed E-state index contributed by atoms with van der Waals surface area (Å²) in [5.41, 5.74) is 0. The Hall–Kier alpha value is -1.22. The molecule has 0 fully saturated rings. The molecule has 1 aromatic carbocycles. The van der Waals surface area contributed by atoms with Gasteiger partial charge in [-0.15, -0.1) is 0 Å². The molecule has 0 saturated heterocycles. The van der Waals surface area contributed by atoms with Gasteiger partial charge >= 0.3 is 5.97 Å². The largest absolute Gasteiger partial charge is 0.479 e. The molecule has 14 heavy (non-hydrogen) atoms. The van der Waals surface area contributed by atoms with Crippen LogP contribution in [0.4, 0.5) is 0 Å². The van der Waals surface area contributed by atoms with Crippen molar-refractivity contribution < 1.29 is 14.3 Å². The highest BCUT2D eigenvalue weighted by atomic mass is 35.5. The van der Waals surface area contributed by atoms with E-state index >= 15 is 0 Å². The average molecular weight is 215 g/mol. The van der Waals surface area contributed by atoms with Crippen molar-refractivity contribution in [2.24, 2.45) is 0 Å². The van der Waals surface area contributed by atoms with Crippen molar-refractivity contribution in [3.05, 3.63) is 29.3 Å². The number of benzene rings is 1. The highest BCUT2D eigenvalue weighted by Gasteiger charge is 2.14. The lowest BCUT2D eigenvalue weighted by Gasteiger charge is -2.12. The minimum atomic E-state index is -0.626. The molecular formula is C10H11ClO3. The van der Waals surface area contributed by atoms with Crippen LogP contribution in [0.15, 0.2) is 24.3 Å². The zero-order valence-electron chi connectivity index (χ0n) is 7.99. The Kier molecular flexibility index (Phi) is 3.77. The first-order chi connectivity index (χ1) is 6.63. The Morgan fingerprint density at radius 2 is 2.21 bits per heavy atom. The van der Waals surface area contributed by atoms with Crippen LogP contribution in [0.1, 0.15) is 6.92 Å². The second-order valence-electron chi connectivity index (χ2n) is 2.74. The molecule has 0 saturated carbocycles. The fourth-order valence-corrected chi connectivity index (χ4v) is 1.14. The normalized spacial score (nSPS) is 11.9. The van der Waals surface area contributed by atoms with E-state index in [2.05, 4.69) is 4.74 Å². The van der Waals surface area contributed by atoms with E-state index in [0.29, 0.717) is 10.8 Å². The number of methoxy groups -OCH3 is 1. The molecular weight excluding hydrogens is 204 g/mol. The fourth-order valence-electron chi connectivity index (χ4n) is 0.959. The van der Waals surface area contributed by atoms with E-state index in [4.69, 9.17) is 16.3 Å². The standard InChI is InChI=1S/C10H11ClO3/c1-7(10(12)13-2)14-9-5-3-4-8(11)6-9/h3-7H,1-2H3. The van der Waals surface area contributed by atoms with E-state index in [-0.39, 0.29) is 0 Å². The van der Waals surface area contributed by atoms with E-state index < -0.39 is 12.1 Å². The molecule has 4 heteroatoms. The van der Waals surface area contributed by atoms with Crippen molar-refractivity contribution in [3.63, 3.8) is 0 Å². The molecule has 0 spiro atoms. The van der Waals surface area contributed by atoms with Gasteiger partial charge < -0.3 is 9.47 Å². The number of carbonyl (C=O) groups excluding carboxylic acids is 1. The first kappa shape index (κ1) is 10.9. The number of hydrogen-bond acceptors (Lipinski definition) is 3. The molecule has 0 radical (unpaired) electrons. The summed E-state index contributed by atoms with van der Waals surface area (Å²) in [6.07, 6.45) is -0.626. The zero-order valence-corrected chi connectivity index (χ0v) is 8.75. The predicted molar refractivity (Wildman–Crippen MR) is 53.6 cm³/mol. The van der Waals surface area contributed by atoms with Gasteiger partial charge in [-0.2, -0.15) is 0 Å². The van der Waals surface area contributed by atoms with Gasteiger partial charge in [0.2, 0.25) is 0 Å². The molecule has 1 rings (SSSR count). The van der Waals surface area contributed by atoms with Crippen LogP contribution in [-0.4, -0.2) is 19.2 Å². The molecule has 0 aliphatic rings. The maximum absolute atomic E-state index is 11.0. The van der Waals surface area contributed by atoms with Gasteiger partial charge in [0.15, 0.2) is 6.10 Å². The van der Waals surface area contributed by atoms with E-state index in [1.807, 2.05) is 0 Å². The van der Waals surface area contributed by atoms with Gasteiger partial charge in [0.05, 0.1) is 7.11 Å². The third kappa shape index (κ3) is 2.92. The summed E-state index contributed by atoms with van der Waals surface area (Å²) in [6, 6.07) is 6.85. The number of ether oxygens (including phenoxy) is 2. The maximum Gasteiger partial charge on any atom is 0.346 e. The summed E-state index contributed by atoms with van der Waals surface area (Å²) in [5, 5.41) is 0.569. The summed E-state index contributed by atoms with van der Waals surface area (Å²) >= 11 is 5.75. The Labute approximate surface area is 87.6 Å². The molecule has 1 unspecified atom stereocenters. The van der Waals surface area contributed by atoms with Gasteiger partial charge in [-0.25, -0.2) is 4.79 Å². The highest BCUT2D eigenvalue weighted by molar-refractivity contribution is 6.30. The Balaban J connectivity index is 2.64. The van der Waals surface area contributed by atoms with Crippen LogP contribution in [0.3, 0.4) is 0 Å². The summed E-state index contributed by atoms with van der Waals surface area (Å²) in [7, 11) is 1.32. The lowest BCUT2D eigenvalue weighted by atomic mass is 10.3.